The van der Waals surface area contributed by atoms with Crippen molar-refractivity contribution in [2.24, 2.45) is 5.16 Å². The number of oxime groups is 1. The first-order valence-corrected chi connectivity index (χ1v) is 9.97. The maximum Gasteiger partial charge on any atom is 0.141 e. The largest absolute Gasteiger partial charge is 0.399 e. The van der Waals surface area contributed by atoms with E-state index in [-0.39, 0.29) is 0 Å². The molecule has 30 heavy (non-hydrogen) atoms. The molecule has 0 aliphatic heterocycles. The van der Waals surface area contributed by atoms with Gasteiger partial charge in [0.2, 0.25) is 0 Å². The molecule has 0 aliphatic carbocycles. The Morgan fingerprint density at radius 2 is 1.90 bits per heavy atom. The Hall–Kier alpha value is -3.57. The number of anilines is 2. The molecule has 0 fully saturated rings. The van der Waals surface area contributed by atoms with Gasteiger partial charge in [0.05, 0.1) is 22.1 Å². The second-order valence-corrected chi connectivity index (χ2v) is 7.54. The smallest absolute Gasteiger partial charge is 0.141 e. The van der Waals surface area contributed by atoms with Crippen molar-refractivity contribution in [2.45, 2.75) is 6.92 Å². The molecule has 2 aromatic heterocycles. The molecule has 5 rings (SSSR count). The number of H-pyrrole nitrogens is 1. The molecule has 0 saturated heterocycles. The zero-order valence-electron chi connectivity index (χ0n) is 16.5. The number of para-hydroxylation sites is 1. The lowest BCUT2D eigenvalue weighted by Crippen LogP contribution is -1.99. The van der Waals surface area contributed by atoms with Crippen LogP contribution in [0.4, 0.5) is 11.5 Å². The summed E-state index contributed by atoms with van der Waals surface area (Å²) in [6.45, 7) is 1.92. The number of aromatic amines is 1. The van der Waals surface area contributed by atoms with Gasteiger partial charge < -0.3 is 15.1 Å². The molecule has 3 aromatic carbocycles. The van der Waals surface area contributed by atoms with Crippen molar-refractivity contribution < 1.29 is 4.84 Å². The van der Waals surface area contributed by atoms with E-state index in [1.54, 1.807) is 7.11 Å². The second kappa shape index (κ2) is 7.35. The predicted molar refractivity (Wildman–Crippen MR) is 125 cm³/mol. The van der Waals surface area contributed by atoms with Gasteiger partial charge in [-0.1, -0.05) is 47.1 Å². The molecule has 5 aromatic rings. The third kappa shape index (κ3) is 3.13. The molecule has 0 spiro atoms. The van der Waals surface area contributed by atoms with Crippen molar-refractivity contribution in [1.82, 2.24) is 9.97 Å². The number of hydrogen-bond donors (Lipinski definition) is 2. The van der Waals surface area contributed by atoms with Gasteiger partial charge in [-0.25, -0.2) is 4.98 Å². The molecular formula is C24H19ClN4O. The zero-order valence-corrected chi connectivity index (χ0v) is 17.3. The van der Waals surface area contributed by atoms with Gasteiger partial charge in [-0.2, -0.15) is 0 Å². The predicted octanol–water partition coefficient (Wildman–Crippen LogP) is 6.64. The summed E-state index contributed by atoms with van der Waals surface area (Å²) in [6, 6.07) is 22.0. The van der Waals surface area contributed by atoms with Crippen LogP contribution in [0.3, 0.4) is 0 Å². The Bertz CT molecular complexity index is 1440. The minimum atomic E-state index is 0.686. The zero-order chi connectivity index (χ0) is 20.7. The summed E-state index contributed by atoms with van der Waals surface area (Å²) in [5, 5.41) is 11.4. The van der Waals surface area contributed by atoms with Crippen molar-refractivity contribution in [3.63, 3.8) is 0 Å². The minimum absolute atomic E-state index is 0.686. The normalized spacial score (nSPS) is 12.0. The number of rotatable bonds is 4. The van der Waals surface area contributed by atoms with Gasteiger partial charge in [0.25, 0.3) is 0 Å². The first kappa shape index (κ1) is 18.5. The number of pyridine rings is 1. The van der Waals surface area contributed by atoms with Crippen LogP contribution in [0.2, 0.25) is 5.02 Å². The highest BCUT2D eigenvalue weighted by atomic mass is 35.5. The molecular weight excluding hydrogens is 396 g/mol. The van der Waals surface area contributed by atoms with Gasteiger partial charge in [0.15, 0.2) is 0 Å². The van der Waals surface area contributed by atoms with Crippen molar-refractivity contribution in [3.05, 3.63) is 77.3 Å². The topological polar surface area (TPSA) is 62.3 Å². The quantitative estimate of drug-likeness (QED) is 0.256. The summed E-state index contributed by atoms with van der Waals surface area (Å²) >= 11 is 6.28. The summed E-state index contributed by atoms with van der Waals surface area (Å²) in [7, 11) is 1.55. The molecule has 0 aliphatic rings. The van der Waals surface area contributed by atoms with E-state index in [1.807, 2.05) is 61.5 Å². The Kier molecular flexibility index (Phi) is 4.52. The van der Waals surface area contributed by atoms with Crippen molar-refractivity contribution in [2.75, 3.05) is 12.4 Å². The third-order valence-electron chi connectivity index (χ3n) is 5.17. The van der Waals surface area contributed by atoms with E-state index in [1.165, 1.54) is 0 Å². The van der Waals surface area contributed by atoms with E-state index in [2.05, 4.69) is 27.6 Å². The lowest BCUT2D eigenvalue weighted by Gasteiger charge is -2.11. The molecule has 6 heteroatoms. The lowest BCUT2D eigenvalue weighted by atomic mass is 10.1. The van der Waals surface area contributed by atoms with Crippen LogP contribution in [0.1, 0.15) is 12.5 Å². The van der Waals surface area contributed by atoms with E-state index >= 15 is 0 Å². The fourth-order valence-electron chi connectivity index (χ4n) is 3.81. The number of benzene rings is 3. The average Bonchev–Trinajstić information content (AvgIpc) is 3.15. The molecule has 0 unspecified atom stereocenters. The standard InChI is InChI=1S/C24H19ClN4O/c1-14(29-30-2)15-6-5-7-17(12-15)26-24-22-18-8-3-4-9-20(18)27-23(22)19-13-16(25)10-11-21(19)28-24/h3-13,27H,1-2H3,(H,26,28)/b29-14-. The maximum atomic E-state index is 6.28. The second-order valence-electron chi connectivity index (χ2n) is 7.11. The first-order valence-electron chi connectivity index (χ1n) is 9.59. The van der Waals surface area contributed by atoms with Crippen LogP contribution in [0.5, 0.6) is 0 Å². The molecule has 0 atom stereocenters. The summed E-state index contributed by atoms with van der Waals surface area (Å²) in [5.41, 5.74) is 5.64. The molecule has 0 radical (unpaired) electrons. The fourth-order valence-corrected chi connectivity index (χ4v) is 3.98. The fraction of sp³-hybridized carbons (Fsp3) is 0.0833. The van der Waals surface area contributed by atoms with Crippen LogP contribution in [0.25, 0.3) is 32.7 Å². The van der Waals surface area contributed by atoms with Crippen LogP contribution in [-0.2, 0) is 4.84 Å². The average molecular weight is 415 g/mol. The summed E-state index contributed by atoms with van der Waals surface area (Å²) < 4.78 is 0. The number of nitrogens with zero attached hydrogens (tertiary/aromatic N) is 2. The molecule has 2 N–H and O–H groups in total. The van der Waals surface area contributed by atoms with E-state index in [0.29, 0.717) is 5.02 Å². The van der Waals surface area contributed by atoms with Gasteiger partial charge >= 0.3 is 0 Å². The van der Waals surface area contributed by atoms with E-state index in [9.17, 15) is 0 Å². The van der Waals surface area contributed by atoms with Crippen LogP contribution in [-0.4, -0.2) is 22.8 Å². The highest BCUT2D eigenvalue weighted by Gasteiger charge is 2.15. The highest BCUT2D eigenvalue weighted by molar-refractivity contribution is 6.32. The van der Waals surface area contributed by atoms with Gasteiger partial charge in [-0.05, 0) is 43.3 Å². The van der Waals surface area contributed by atoms with Crippen LogP contribution < -0.4 is 5.32 Å². The molecule has 5 nitrogen and oxygen atoms in total. The van der Waals surface area contributed by atoms with E-state index in [0.717, 1.165) is 55.5 Å². The molecule has 148 valence electrons. The van der Waals surface area contributed by atoms with E-state index < -0.39 is 0 Å². The summed E-state index contributed by atoms with van der Waals surface area (Å²) in [6.07, 6.45) is 0. The Morgan fingerprint density at radius 3 is 2.77 bits per heavy atom. The van der Waals surface area contributed by atoms with Crippen LogP contribution in [0.15, 0.2) is 71.9 Å². The van der Waals surface area contributed by atoms with Crippen molar-refractivity contribution >= 4 is 61.5 Å². The number of fused-ring (bicyclic) bond motifs is 5. The monoisotopic (exact) mass is 414 g/mol. The Balaban J connectivity index is 1.73. The van der Waals surface area contributed by atoms with Crippen LogP contribution >= 0.6 is 11.6 Å². The van der Waals surface area contributed by atoms with Crippen molar-refractivity contribution in [3.8, 4) is 0 Å². The maximum absolute atomic E-state index is 6.28. The number of hydrogen-bond acceptors (Lipinski definition) is 4. The van der Waals surface area contributed by atoms with E-state index in [4.69, 9.17) is 21.4 Å². The van der Waals surface area contributed by atoms with Crippen LogP contribution in [0, 0.1) is 0 Å². The number of aromatic nitrogens is 2. The van der Waals surface area contributed by atoms with Gasteiger partial charge in [-0.15, -0.1) is 0 Å². The summed E-state index contributed by atoms with van der Waals surface area (Å²) in [4.78, 5) is 13.4. The highest BCUT2D eigenvalue weighted by Crippen LogP contribution is 2.37. The molecule has 0 bridgehead atoms. The number of nitrogens with one attached hydrogen (secondary N) is 2. The SMILES string of the molecule is CO/N=C(/C)c1cccc(Nc2nc3ccc(Cl)cc3c3[nH]c4ccccc4c23)c1. The lowest BCUT2D eigenvalue weighted by molar-refractivity contribution is 0.213. The van der Waals surface area contributed by atoms with Crippen molar-refractivity contribution in [1.29, 1.82) is 0 Å². The van der Waals surface area contributed by atoms with Gasteiger partial charge in [-0.3, -0.25) is 0 Å². The molecule has 2 heterocycles. The third-order valence-corrected chi connectivity index (χ3v) is 5.41. The Labute approximate surface area is 178 Å². The summed E-state index contributed by atoms with van der Waals surface area (Å²) in [5.74, 6) is 0.788. The molecule has 0 amide bonds. The molecule has 0 saturated carbocycles. The minimum Gasteiger partial charge on any atom is -0.399 e. The van der Waals surface area contributed by atoms with Gasteiger partial charge in [0.1, 0.15) is 12.9 Å². The first-order chi connectivity index (χ1) is 14.6. The Morgan fingerprint density at radius 1 is 1.03 bits per heavy atom. The number of halogens is 1. The van der Waals surface area contributed by atoms with Gasteiger partial charge in [0, 0.05) is 32.6 Å².